The van der Waals surface area contributed by atoms with E-state index in [4.69, 9.17) is 22.6 Å². The number of rotatable bonds is 2. The Hall–Kier alpha value is -1.78. The van der Waals surface area contributed by atoms with E-state index < -0.39 is 0 Å². The second-order valence-corrected chi connectivity index (χ2v) is 4.24. The first kappa shape index (κ1) is 11.7. The average molecular weight is 267 g/mol. The predicted octanol–water partition coefficient (Wildman–Crippen LogP) is 1.49. The van der Waals surface area contributed by atoms with Gasteiger partial charge in [-0.05, 0) is 6.26 Å². The summed E-state index contributed by atoms with van der Waals surface area (Å²) < 4.78 is 1.40. The third kappa shape index (κ3) is 2.18. The molecule has 0 amide bonds. The van der Waals surface area contributed by atoms with E-state index in [0.29, 0.717) is 21.4 Å². The molecule has 2 aromatic rings. The molecule has 0 aliphatic carbocycles. The highest BCUT2D eigenvalue weighted by atomic mass is 35.5. The third-order valence-corrected chi connectivity index (χ3v) is 2.82. The van der Waals surface area contributed by atoms with Gasteiger partial charge in [0.15, 0.2) is 5.82 Å². The normalized spacial score (nSPS) is 10.2. The molecule has 0 aliphatic heterocycles. The number of anilines is 1. The van der Waals surface area contributed by atoms with Crippen LogP contribution in [0.4, 0.5) is 5.95 Å². The van der Waals surface area contributed by atoms with Crippen molar-refractivity contribution in [2.24, 2.45) is 0 Å². The summed E-state index contributed by atoms with van der Waals surface area (Å²) in [6, 6.07) is 2.04. The molecule has 0 saturated heterocycles. The molecule has 0 radical (unpaired) electrons. The molecule has 2 rings (SSSR count). The molecule has 0 aromatic carbocycles. The second-order valence-electron chi connectivity index (χ2n) is 3.00. The molecule has 2 aromatic heterocycles. The van der Waals surface area contributed by atoms with Crippen LogP contribution < -0.4 is 5.73 Å². The first-order valence-corrected chi connectivity index (χ1v) is 6.08. The predicted molar refractivity (Wildman–Crippen MR) is 65.1 cm³/mol. The number of thioether (sulfide) groups is 1. The molecule has 0 fully saturated rings. The lowest BCUT2D eigenvalue weighted by atomic mass is 10.3. The van der Waals surface area contributed by atoms with E-state index >= 15 is 0 Å². The number of hydrogen-bond acceptors (Lipinski definition) is 6. The van der Waals surface area contributed by atoms with Gasteiger partial charge in [-0.25, -0.2) is 9.67 Å². The molecule has 0 saturated carbocycles. The second kappa shape index (κ2) is 4.61. The minimum Gasteiger partial charge on any atom is -0.368 e. The number of nitrogens with two attached hydrogens (primary N) is 1. The van der Waals surface area contributed by atoms with Gasteiger partial charge in [0.1, 0.15) is 16.7 Å². The lowest BCUT2D eigenvalue weighted by Crippen LogP contribution is -2.07. The number of halogens is 1. The Morgan fingerprint density at radius 2 is 2.29 bits per heavy atom. The zero-order valence-corrected chi connectivity index (χ0v) is 10.3. The summed E-state index contributed by atoms with van der Waals surface area (Å²) in [5.41, 5.74) is 5.91. The van der Waals surface area contributed by atoms with Crippen LogP contribution in [0.1, 0.15) is 5.56 Å². The van der Waals surface area contributed by atoms with E-state index in [0.717, 1.165) is 0 Å². The molecular formula is C9H7ClN6S. The highest BCUT2D eigenvalue weighted by molar-refractivity contribution is 7.98. The highest BCUT2D eigenvalue weighted by Crippen LogP contribution is 2.23. The van der Waals surface area contributed by atoms with Crippen molar-refractivity contribution in [1.82, 2.24) is 19.7 Å². The van der Waals surface area contributed by atoms with Crippen molar-refractivity contribution in [3.8, 4) is 11.9 Å². The summed E-state index contributed by atoms with van der Waals surface area (Å²) >= 11 is 7.10. The Morgan fingerprint density at radius 3 is 2.82 bits per heavy atom. The van der Waals surface area contributed by atoms with Crippen LogP contribution in [-0.4, -0.2) is 26.0 Å². The van der Waals surface area contributed by atoms with Gasteiger partial charge in [0.2, 0.25) is 5.95 Å². The molecule has 86 valence electrons. The van der Waals surface area contributed by atoms with E-state index in [2.05, 4.69) is 15.1 Å². The Kier molecular flexibility index (Phi) is 3.17. The van der Waals surface area contributed by atoms with Gasteiger partial charge < -0.3 is 5.73 Å². The summed E-state index contributed by atoms with van der Waals surface area (Å²) in [5, 5.41) is 14.1. The van der Waals surface area contributed by atoms with E-state index in [1.54, 1.807) is 6.20 Å². The van der Waals surface area contributed by atoms with Crippen molar-refractivity contribution in [2.75, 3.05) is 12.0 Å². The largest absolute Gasteiger partial charge is 0.368 e. The fraction of sp³-hybridized carbons (Fsp3) is 0.111. The summed E-state index contributed by atoms with van der Waals surface area (Å²) in [5.74, 6) is 0.422. The SMILES string of the molecule is CSc1nc(N)nc(-n2cc(Cl)cn2)c1C#N. The number of aromatic nitrogens is 4. The Bertz CT molecular complexity index is 602. The van der Waals surface area contributed by atoms with Gasteiger partial charge in [0.25, 0.3) is 0 Å². The average Bonchev–Trinajstić information content (AvgIpc) is 2.74. The summed E-state index contributed by atoms with van der Waals surface area (Å²) in [4.78, 5) is 8.00. The number of nitrogens with zero attached hydrogens (tertiary/aromatic N) is 5. The van der Waals surface area contributed by atoms with Crippen LogP contribution in [0.25, 0.3) is 5.82 Å². The van der Waals surface area contributed by atoms with E-state index in [1.807, 2.05) is 12.3 Å². The van der Waals surface area contributed by atoms with Crippen molar-refractivity contribution in [2.45, 2.75) is 5.03 Å². The van der Waals surface area contributed by atoms with Gasteiger partial charge >= 0.3 is 0 Å². The van der Waals surface area contributed by atoms with E-state index in [-0.39, 0.29) is 5.95 Å². The first-order valence-electron chi connectivity index (χ1n) is 4.48. The van der Waals surface area contributed by atoms with E-state index in [9.17, 15) is 0 Å². The molecule has 2 heterocycles. The minimum atomic E-state index is 0.0926. The number of nitrogen functional groups attached to an aromatic ring is 1. The van der Waals surface area contributed by atoms with Crippen LogP contribution in [0.3, 0.4) is 0 Å². The van der Waals surface area contributed by atoms with Crippen molar-refractivity contribution in [3.05, 3.63) is 23.0 Å². The Labute approximate surface area is 106 Å². The van der Waals surface area contributed by atoms with Crippen LogP contribution >= 0.6 is 23.4 Å². The molecule has 0 aliphatic rings. The number of hydrogen-bond donors (Lipinski definition) is 1. The molecule has 6 nitrogen and oxygen atoms in total. The fourth-order valence-electron chi connectivity index (χ4n) is 1.27. The molecule has 8 heteroatoms. The van der Waals surface area contributed by atoms with Gasteiger partial charge in [-0.3, -0.25) is 0 Å². The summed E-state index contributed by atoms with van der Waals surface area (Å²) in [6.45, 7) is 0. The lowest BCUT2D eigenvalue weighted by molar-refractivity contribution is 0.825. The summed E-state index contributed by atoms with van der Waals surface area (Å²) in [7, 11) is 0. The van der Waals surface area contributed by atoms with Gasteiger partial charge in [0.05, 0.1) is 17.4 Å². The smallest absolute Gasteiger partial charge is 0.223 e. The van der Waals surface area contributed by atoms with Crippen LogP contribution in [0.15, 0.2) is 17.4 Å². The molecule has 0 atom stereocenters. The zero-order valence-electron chi connectivity index (χ0n) is 8.75. The third-order valence-electron chi connectivity index (χ3n) is 1.95. The van der Waals surface area contributed by atoms with Crippen LogP contribution in [0.2, 0.25) is 5.02 Å². The van der Waals surface area contributed by atoms with Crippen LogP contribution in [0, 0.1) is 11.3 Å². The fourth-order valence-corrected chi connectivity index (χ4v) is 1.93. The molecular weight excluding hydrogens is 260 g/mol. The van der Waals surface area contributed by atoms with Crippen molar-refractivity contribution < 1.29 is 0 Å². The first-order chi connectivity index (χ1) is 8.15. The molecule has 0 spiro atoms. The highest BCUT2D eigenvalue weighted by Gasteiger charge is 2.15. The van der Waals surface area contributed by atoms with Gasteiger partial charge in [-0.15, -0.1) is 11.8 Å². The van der Waals surface area contributed by atoms with Crippen molar-refractivity contribution in [3.63, 3.8) is 0 Å². The Balaban J connectivity index is 2.68. The standard InChI is InChI=1S/C9H7ClN6S/c1-17-8-6(2-11)7(14-9(12)15-8)16-4-5(10)3-13-16/h3-4H,1H3,(H2,12,14,15). The minimum absolute atomic E-state index is 0.0926. The number of nitriles is 1. The van der Waals surface area contributed by atoms with Crippen molar-refractivity contribution >= 4 is 29.3 Å². The lowest BCUT2D eigenvalue weighted by Gasteiger charge is -2.06. The van der Waals surface area contributed by atoms with E-state index in [1.165, 1.54) is 22.6 Å². The van der Waals surface area contributed by atoms with Gasteiger partial charge in [-0.2, -0.15) is 15.3 Å². The maximum atomic E-state index is 9.13. The summed E-state index contributed by atoms with van der Waals surface area (Å²) in [6.07, 6.45) is 4.82. The van der Waals surface area contributed by atoms with Gasteiger partial charge in [0, 0.05) is 0 Å². The zero-order chi connectivity index (χ0) is 12.4. The van der Waals surface area contributed by atoms with Gasteiger partial charge in [-0.1, -0.05) is 11.6 Å². The molecule has 2 N–H and O–H groups in total. The van der Waals surface area contributed by atoms with Crippen LogP contribution in [0.5, 0.6) is 0 Å². The molecule has 0 bridgehead atoms. The quantitative estimate of drug-likeness (QED) is 0.654. The Morgan fingerprint density at radius 1 is 1.53 bits per heavy atom. The van der Waals surface area contributed by atoms with Crippen molar-refractivity contribution in [1.29, 1.82) is 5.26 Å². The topological polar surface area (TPSA) is 93.4 Å². The molecule has 17 heavy (non-hydrogen) atoms. The van der Waals surface area contributed by atoms with Crippen LogP contribution in [-0.2, 0) is 0 Å². The molecule has 0 unspecified atom stereocenters. The maximum absolute atomic E-state index is 9.13. The monoisotopic (exact) mass is 266 g/mol. The maximum Gasteiger partial charge on any atom is 0.223 e.